The largest absolute Gasteiger partial charge is 0.339 e. The Morgan fingerprint density at radius 2 is 2.07 bits per heavy atom. The lowest BCUT2D eigenvalue weighted by Gasteiger charge is -2.14. The summed E-state index contributed by atoms with van der Waals surface area (Å²) in [6.07, 6.45) is 0.658. The summed E-state index contributed by atoms with van der Waals surface area (Å²) in [6.45, 7) is 7.53. The normalized spacial score (nSPS) is 11.1. The van der Waals surface area contributed by atoms with E-state index in [-0.39, 0.29) is 0 Å². The number of nitrogens with two attached hydrogens (primary N) is 1. The predicted molar refractivity (Wildman–Crippen MR) is 53.7 cm³/mol. The van der Waals surface area contributed by atoms with E-state index in [9.17, 15) is 0 Å². The fraction of sp³-hybridized carbons (Fsp3) is 0.778. The van der Waals surface area contributed by atoms with Crippen LogP contribution in [0, 0.1) is 0 Å². The third-order valence-corrected chi connectivity index (χ3v) is 2.13. The van der Waals surface area contributed by atoms with E-state index >= 15 is 0 Å². The maximum atomic E-state index is 5.39. The third-order valence-electron chi connectivity index (χ3n) is 2.13. The summed E-state index contributed by atoms with van der Waals surface area (Å²) in [6, 6.07) is 0. The number of aromatic nitrogens is 2. The molecule has 0 aliphatic heterocycles. The minimum atomic E-state index is 0.549. The Morgan fingerprint density at radius 1 is 1.36 bits per heavy atom. The van der Waals surface area contributed by atoms with Crippen molar-refractivity contribution in [3.05, 3.63) is 11.7 Å². The van der Waals surface area contributed by atoms with Crippen molar-refractivity contribution < 1.29 is 4.52 Å². The van der Waals surface area contributed by atoms with Crippen molar-refractivity contribution >= 4 is 0 Å². The van der Waals surface area contributed by atoms with Crippen LogP contribution in [0.3, 0.4) is 0 Å². The smallest absolute Gasteiger partial charge is 0.227 e. The zero-order chi connectivity index (χ0) is 10.4. The van der Waals surface area contributed by atoms with Crippen molar-refractivity contribution in [1.82, 2.24) is 15.0 Å². The van der Waals surface area contributed by atoms with Gasteiger partial charge in [0.25, 0.3) is 0 Å². The van der Waals surface area contributed by atoms with Crippen LogP contribution >= 0.6 is 0 Å². The van der Waals surface area contributed by atoms with Gasteiger partial charge in [0.2, 0.25) is 5.89 Å². The van der Waals surface area contributed by atoms with Gasteiger partial charge in [0, 0.05) is 13.0 Å². The molecule has 0 saturated carbocycles. The van der Waals surface area contributed by atoms with Crippen LogP contribution in [0.1, 0.15) is 25.6 Å². The topological polar surface area (TPSA) is 68.2 Å². The predicted octanol–water partition coefficient (Wildman–Crippen LogP) is 0.413. The number of nitrogens with zero attached hydrogens (tertiary/aromatic N) is 3. The van der Waals surface area contributed by atoms with E-state index in [1.165, 1.54) is 0 Å². The molecule has 0 bridgehead atoms. The van der Waals surface area contributed by atoms with E-state index in [0.29, 0.717) is 18.9 Å². The van der Waals surface area contributed by atoms with Gasteiger partial charge in [-0.05, 0) is 13.1 Å². The van der Waals surface area contributed by atoms with Crippen molar-refractivity contribution in [2.45, 2.75) is 26.8 Å². The first-order valence-electron chi connectivity index (χ1n) is 5.04. The van der Waals surface area contributed by atoms with Crippen LogP contribution in [0.4, 0.5) is 0 Å². The van der Waals surface area contributed by atoms with E-state index < -0.39 is 0 Å². The minimum Gasteiger partial charge on any atom is -0.339 e. The molecule has 0 aromatic carbocycles. The van der Waals surface area contributed by atoms with Crippen molar-refractivity contribution in [2.75, 3.05) is 19.6 Å². The van der Waals surface area contributed by atoms with E-state index in [1.807, 2.05) is 0 Å². The summed E-state index contributed by atoms with van der Waals surface area (Å²) < 4.78 is 5.03. The zero-order valence-corrected chi connectivity index (χ0v) is 8.86. The van der Waals surface area contributed by atoms with Gasteiger partial charge in [-0.2, -0.15) is 4.98 Å². The molecule has 14 heavy (non-hydrogen) atoms. The minimum absolute atomic E-state index is 0.549. The maximum absolute atomic E-state index is 5.39. The first-order valence-corrected chi connectivity index (χ1v) is 5.04. The van der Waals surface area contributed by atoms with Crippen LogP contribution in [-0.2, 0) is 13.0 Å². The maximum Gasteiger partial charge on any atom is 0.227 e. The van der Waals surface area contributed by atoms with E-state index in [4.69, 9.17) is 10.3 Å². The van der Waals surface area contributed by atoms with E-state index in [0.717, 1.165) is 25.5 Å². The summed E-state index contributed by atoms with van der Waals surface area (Å²) in [5.74, 6) is 1.38. The highest BCUT2D eigenvalue weighted by Crippen LogP contribution is 2.01. The molecule has 1 aromatic heterocycles. The van der Waals surface area contributed by atoms with Crippen molar-refractivity contribution in [2.24, 2.45) is 5.73 Å². The second-order valence-corrected chi connectivity index (χ2v) is 3.10. The third kappa shape index (κ3) is 3.08. The van der Waals surface area contributed by atoms with Gasteiger partial charge in [-0.1, -0.05) is 19.0 Å². The van der Waals surface area contributed by atoms with Crippen LogP contribution in [0.5, 0.6) is 0 Å². The summed E-state index contributed by atoms with van der Waals surface area (Å²) in [5, 5.41) is 3.89. The monoisotopic (exact) mass is 198 g/mol. The fourth-order valence-electron chi connectivity index (χ4n) is 1.23. The van der Waals surface area contributed by atoms with Crippen molar-refractivity contribution in [3.63, 3.8) is 0 Å². The lowest BCUT2D eigenvalue weighted by molar-refractivity contribution is 0.280. The lowest BCUT2D eigenvalue weighted by atomic mass is 10.4. The molecule has 2 N–H and O–H groups in total. The fourth-order valence-corrected chi connectivity index (χ4v) is 1.23. The SMILES string of the molecule is CCN(CC)Cc1noc(CCN)n1. The van der Waals surface area contributed by atoms with Gasteiger partial charge in [0.15, 0.2) is 5.82 Å². The Bertz CT molecular complexity index is 257. The molecule has 1 rings (SSSR count). The van der Waals surface area contributed by atoms with Gasteiger partial charge in [0.1, 0.15) is 0 Å². The standard InChI is InChI=1S/C9H18N4O/c1-3-13(4-2)7-8-11-9(5-6-10)14-12-8/h3-7,10H2,1-2H3. The second kappa shape index (κ2) is 5.72. The summed E-state index contributed by atoms with van der Waals surface area (Å²) >= 11 is 0. The molecule has 0 radical (unpaired) electrons. The molecule has 5 heteroatoms. The van der Waals surface area contributed by atoms with Crippen LogP contribution < -0.4 is 5.73 Å². The summed E-state index contributed by atoms with van der Waals surface area (Å²) in [5.41, 5.74) is 5.39. The Balaban J connectivity index is 2.49. The second-order valence-electron chi connectivity index (χ2n) is 3.10. The summed E-state index contributed by atoms with van der Waals surface area (Å²) in [4.78, 5) is 6.47. The van der Waals surface area contributed by atoms with Gasteiger partial charge in [-0.15, -0.1) is 0 Å². The van der Waals surface area contributed by atoms with Crippen molar-refractivity contribution in [1.29, 1.82) is 0 Å². The molecule has 0 saturated heterocycles. The molecule has 1 aromatic rings. The molecule has 1 heterocycles. The molecule has 5 nitrogen and oxygen atoms in total. The van der Waals surface area contributed by atoms with Crippen LogP contribution in [0.15, 0.2) is 4.52 Å². The first kappa shape index (κ1) is 11.1. The molecule has 0 fully saturated rings. The van der Waals surface area contributed by atoms with Crippen molar-refractivity contribution in [3.8, 4) is 0 Å². The quantitative estimate of drug-likeness (QED) is 0.717. The molecular formula is C9H18N4O. The van der Waals surface area contributed by atoms with Crippen LogP contribution in [-0.4, -0.2) is 34.7 Å². The highest BCUT2D eigenvalue weighted by molar-refractivity contribution is 4.86. The summed E-state index contributed by atoms with van der Waals surface area (Å²) in [7, 11) is 0. The average molecular weight is 198 g/mol. The van der Waals surface area contributed by atoms with Gasteiger partial charge < -0.3 is 10.3 Å². The Hall–Kier alpha value is -0.940. The molecule has 0 aliphatic carbocycles. The Kier molecular flexibility index (Phi) is 4.55. The highest BCUT2D eigenvalue weighted by Gasteiger charge is 2.08. The zero-order valence-electron chi connectivity index (χ0n) is 8.86. The molecule has 80 valence electrons. The molecule has 0 aliphatic rings. The Morgan fingerprint density at radius 3 is 2.64 bits per heavy atom. The van der Waals surface area contributed by atoms with E-state index in [2.05, 4.69) is 28.9 Å². The molecule has 0 unspecified atom stereocenters. The number of hydrogen-bond acceptors (Lipinski definition) is 5. The highest BCUT2D eigenvalue weighted by atomic mass is 16.5. The van der Waals surface area contributed by atoms with Gasteiger partial charge in [-0.3, -0.25) is 4.90 Å². The molecule has 0 amide bonds. The van der Waals surface area contributed by atoms with E-state index in [1.54, 1.807) is 0 Å². The molecular weight excluding hydrogens is 180 g/mol. The van der Waals surface area contributed by atoms with Gasteiger partial charge in [0.05, 0.1) is 6.54 Å². The van der Waals surface area contributed by atoms with Gasteiger partial charge in [-0.25, -0.2) is 0 Å². The van der Waals surface area contributed by atoms with Crippen LogP contribution in [0.2, 0.25) is 0 Å². The number of hydrogen-bond donors (Lipinski definition) is 1. The molecule has 0 spiro atoms. The molecule has 0 atom stereocenters. The average Bonchev–Trinajstić information content (AvgIpc) is 2.63. The number of rotatable bonds is 6. The van der Waals surface area contributed by atoms with Gasteiger partial charge >= 0.3 is 0 Å². The van der Waals surface area contributed by atoms with Crippen LogP contribution in [0.25, 0.3) is 0 Å². The first-order chi connectivity index (χ1) is 6.80. The lowest BCUT2D eigenvalue weighted by Crippen LogP contribution is -2.22. The Labute approximate surface area is 84.3 Å².